The zero-order valence-corrected chi connectivity index (χ0v) is 19.5. The second kappa shape index (κ2) is 9.54. The van der Waals surface area contributed by atoms with Gasteiger partial charge in [0.05, 0.1) is 4.90 Å². The molecule has 5 amide bonds. The normalized spacial score (nSPS) is 24.1. The summed E-state index contributed by atoms with van der Waals surface area (Å²) in [6.07, 6.45) is 8.63. The number of rotatable bonds is 6. The Hall–Kier alpha value is -2.88. The molecule has 9 nitrogen and oxygen atoms in total. The molecule has 3 aliphatic rings. The minimum absolute atomic E-state index is 0.0250. The third-order valence-corrected chi connectivity index (χ3v) is 8.47. The van der Waals surface area contributed by atoms with E-state index >= 15 is 0 Å². The molecule has 33 heavy (non-hydrogen) atoms. The van der Waals surface area contributed by atoms with Gasteiger partial charge >= 0.3 is 12.1 Å². The molecular formula is C23H30N4O5S. The van der Waals surface area contributed by atoms with Gasteiger partial charge in [-0.1, -0.05) is 24.3 Å². The molecule has 1 aliphatic heterocycles. The number of sulfonamides is 1. The lowest BCUT2D eigenvalue weighted by atomic mass is 10.0. The smallest absolute Gasteiger partial charge is 0.331 e. The van der Waals surface area contributed by atoms with Crippen LogP contribution in [0.4, 0.5) is 9.59 Å². The highest BCUT2D eigenvalue weighted by atomic mass is 32.2. The van der Waals surface area contributed by atoms with Crippen LogP contribution in [0, 0.1) is 11.8 Å². The standard InChI is InChI=1S/C23H30N4O5S/c1-26(23(30)25-20-15-17-5-8-18(20)14-17)33(31,32)19-9-6-16(7-10-19)11-12-24-22(29)27-13-3-2-4-21(27)28/h5-10,17-18,20H,2-4,11-15H2,1H3,(H,24,29)(H,25,30). The number of carbonyl (C=O) groups excluding carboxylic acids is 3. The highest BCUT2D eigenvalue weighted by Crippen LogP contribution is 2.39. The van der Waals surface area contributed by atoms with E-state index in [1.54, 1.807) is 12.1 Å². The molecule has 2 aliphatic carbocycles. The van der Waals surface area contributed by atoms with Crippen molar-refractivity contribution in [3.8, 4) is 0 Å². The summed E-state index contributed by atoms with van der Waals surface area (Å²) in [6, 6.07) is 5.21. The Morgan fingerprint density at radius 1 is 1.12 bits per heavy atom. The Kier molecular flexibility index (Phi) is 6.73. The number of nitrogens with zero attached hydrogens (tertiary/aromatic N) is 2. The number of amides is 5. The minimum atomic E-state index is -3.97. The van der Waals surface area contributed by atoms with Crippen LogP contribution >= 0.6 is 0 Å². The topological polar surface area (TPSA) is 116 Å². The molecule has 2 bridgehead atoms. The zero-order chi connectivity index (χ0) is 23.6. The number of likely N-dealkylation sites (tertiary alicyclic amines) is 1. The van der Waals surface area contributed by atoms with Crippen LogP contribution in [0.5, 0.6) is 0 Å². The van der Waals surface area contributed by atoms with Crippen molar-refractivity contribution in [3.05, 3.63) is 42.0 Å². The number of piperidine rings is 1. The number of nitrogens with one attached hydrogen (secondary N) is 2. The van der Waals surface area contributed by atoms with Crippen LogP contribution in [0.25, 0.3) is 0 Å². The Bertz CT molecular complexity index is 1050. The molecule has 0 radical (unpaired) electrons. The van der Waals surface area contributed by atoms with Gasteiger partial charge < -0.3 is 10.6 Å². The molecule has 2 N–H and O–H groups in total. The lowest BCUT2D eigenvalue weighted by Gasteiger charge is -2.25. The minimum Gasteiger partial charge on any atom is -0.337 e. The second-order valence-electron chi connectivity index (χ2n) is 8.94. The monoisotopic (exact) mass is 474 g/mol. The van der Waals surface area contributed by atoms with Crippen LogP contribution in [-0.4, -0.2) is 61.8 Å². The zero-order valence-electron chi connectivity index (χ0n) is 18.7. The van der Waals surface area contributed by atoms with E-state index in [1.807, 2.05) is 0 Å². The highest BCUT2D eigenvalue weighted by molar-refractivity contribution is 7.89. The molecule has 1 heterocycles. The van der Waals surface area contributed by atoms with E-state index in [0.717, 1.165) is 35.6 Å². The lowest BCUT2D eigenvalue weighted by molar-refractivity contribution is -0.130. The fraction of sp³-hybridized carbons (Fsp3) is 0.522. The van der Waals surface area contributed by atoms with E-state index in [1.165, 1.54) is 24.1 Å². The fourth-order valence-corrected chi connectivity index (χ4v) is 5.79. The average Bonchev–Trinajstić information content (AvgIpc) is 3.42. The molecule has 1 aromatic rings. The number of allylic oxidation sites excluding steroid dienone is 1. The average molecular weight is 475 g/mol. The third-order valence-electron chi connectivity index (χ3n) is 6.71. The van der Waals surface area contributed by atoms with Crippen molar-refractivity contribution in [2.75, 3.05) is 20.1 Å². The van der Waals surface area contributed by atoms with Crippen LogP contribution in [0.1, 0.15) is 37.7 Å². The summed E-state index contributed by atoms with van der Waals surface area (Å²) in [4.78, 5) is 37.8. The molecule has 0 aromatic heterocycles. The van der Waals surface area contributed by atoms with Crippen LogP contribution in [-0.2, 0) is 21.2 Å². The molecule has 0 spiro atoms. The Morgan fingerprint density at radius 2 is 1.88 bits per heavy atom. The molecular weight excluding hydrogens is 444 g/mol. The number of fused-ring (bicyclic) bond motifs is 2. The molecule has 178 valence electrons. The van der Waals surface area contributed by atoms with Gasteiger partial charge in [-0.05, 0) is 61.6 Å². The first kappa shape index (κ1) is 23.3. The molecule has 10 heteroatoms. The van der Waals surface area contributed by atoms with Gasteiger partial charge in [0.25, 0.3) is 10.0 Å². The van der Waals surface area contributed by atoms with Gasteiger partial charge in [-0.3, -0.25) is 9.69 Å². The van der Waals surface area contributed by atoms with Gasteiger partial charge in [-0.25, -0.2) is 22.3 Å². The SMILES string of the molecule is CN(C(=O)NC1CC2C=CC1C2)S(=O)(=O)c1ccc(CCNC(=O)N2CCCCC2=O)cc1. The van der Waals surface area contributed by atoms with Crippen molar-refractivity contribution < 1.29 is 22.8 Å². The van der Waals surface area contributed by atoms with Crippen molar-refractivity contribution in [1.29, 1.82) is 0 Å². The van der Waals surface area contributed by atoms with Crippen molar-refractivity contribution in [3.63, 3.8) is 0 Å². The molecule has 4 rings (SSSR count). The molecule has 3 unspecified atom stereocenters. The summed E-state index contributed by atoms with van der Waals surface area (Å²) in [5, 5.41) is 5.59. The number of urea groups is 2. The Labute approximate surface area is 194 Å². The van der Waals surface area contributed by atoms with Crippen LogP contribution in [0.2, 0.25) is 0 Å². The van der Waals surface area contributed by atoms with Gasteiger partial charge in [0.2, 0.25) is 5.91 Å². The molecule has 1 saturated heterocycles. The van der Waals surface area contributed by atoms with Crippen molar-refractivity contribution in [2.24, 2.45) is 11.8 Å². The van der Waals surface area contributed by atoms with E-state index in [2.05, 4.69) is 22.8 Å². The largest absolute Gasteiger partial charge is 0.337 e. The Morgan fingerprint density at radius 3 is 2.52 bits per heavy atom. The summed E-state index contributed by atoms with van der Waals surface area (Å²) in [5.74, 6) is 0.598. The summed E-state index contributed by atoms with van der Waals surface area (Å²) in [7, 11) is -2.71. The van der Waals surface area contributed by atoms with E-state index in [9.17, 15) is 22.8 Å². The summed E-state index contributed by atoms with van der Waals surface area (Å²) in [5.41, 5.74) is 0.833. The first-order chi connectivity index (χ1) is 15.8. The number of benzene rings is 1. The predicted molar refractivity (Wildman–Crippen MR) is 122 cm³/mol. The van der Waals surface area contributed by atoms with E-state index < -0.39 is 22.1 Å². The maximum atomic E-state index is 12.9. The van der Waals surface area contributed by atoms with Gasteiger partial charge in [-0.2, -0.15) is 0 Å². The number of hydrogen-bond donors (Lipinski definition) is 2. The first-order valence-electron chi connectivity index (χ1n) is 11.4. The highest BCUT2D eigenvalue weighted by Gasteiger charge is 2.38. The first-order valence-corrected chi connectivity index (χ1v) is 12.8. The number of carbonyl (C=O) groups is 3. The Balaban J connectivity index is 1.29. The van der Waals surface area contributed by atoms with Crippen molar-refractivity contribution in [1.82, 2.24) is 19.8 Å². The number of imide groups is 1. The van der Waals surface area contributed by atoms with Gasteiger partial charge in [0, 0.05) is 32.6 Å². The van der Waals surface area contributed by atoms with Crippen LogP contribution in [0.15, 0.2) is 41.3 Å². The summed E-state index contributed by atoms with van der Waals surface area (Å²) < 4.78 is 26.5. The van der Waals surface area contributed by atoms with Crippen LogP contribution in [0.3, 0.4) is 0 Å². The van der Waals surface area contributed by atoms with Crippen LogP contribution < -0.4 is 10.6 Å². The van der Waals surface area contributed by atoms with Gasteiger partial charge in [-0.15, -0.1) is 0 Å². The van der Waals surface area contributed by atoms with Crippen molar-refractivity contribution >= 4 is 28.0 Å². The lowest BCUT2D eigenvalue weighted by Crippen LogP contribution is -2.46. The molecule has 1 saturated carbocycles. The van der Waals surface area contributed by atoms with E-state index in [0.29, 0.717) is 31.8 Å². The number of hydrogen-bond acceptors (Lipinski definition) is 5. The third kappa shape index (κ3) is 5.05. The maximum Gasteiger partial charge on any atom is 0.331 e. The van der Waals surface area contributed by atoms with E-state index in [-0.39, 0.29) is 22.8 Å². The summed E-state index contributed by atoms with van der Waals surface area (Å²) >= 11 is 0. The predicted octanol–water partition coefficient (Wildman–Crippen LogP) is 2.25. The second-order valence-corrected chi connectivity index (χ2v) is 10.9. The fourth-order valence-electron chi connectivity index (χ4n) is 4.72. The maximum absolute atomic E-state index is 12.9. The summed E-state index contributed by atoms with van der Waals surface area (Å²) in [6.45, 7) is 0.770. The molecule has 1 aromatic carbocycles. The quantitative estimate of drug-likeness (QED) is 0.614. The molecule has 3 atom stereocenters. The van der Waals surface area contributed by atoms with Gasteiger partial charge in [0.1, 0.15) is 0 Å². The van der Waals surface area contributed by atoms with Gasteiger partial charge in [0.15, 0.2) is 0 Å². The van der Waals surface area contributed by atoms with Crippen molar-refractivity contribution in [2.45, 2.75) is 49.5 Å². The molecule has 2 fully saturated rings. The van der Waals surface area contributed by atoms with E-state index in [4.69, 9.17) is 0 Å².